The molecular weight excluding hydrogens is 375 g/mol. The second-order valence-corrected chi connectivity index (χ2v) is 7.93. The van der Waals surface area contributed by atoms with Crippen molar-refractivity contribution in [2.75, 3.05) is 5.32 Å². The van der Waals surface area contributed by atoms with Crippen molar-refractivity contribution in [3.8, 4) is 6.07 Å². The summed E-state index contributed by atoms with van der Waals surface area (Å²) in [5.41, 5.74) is 0.930. The molecule has 1 aromatic heterocycles. The van der Waals surface area contributed by atoms with Crippen molar-refractivity contribution in [2.24, 2.45) is 5.92 Å². The van der Waals surface area contributed by atoms with Crippen molar-refractivity contribution >= 4 is 23.3 Å². The van der Waals surface area contributed by atoms with Crippen molar-refractivity contribution in [1.29, 1.82) is 5.26 Å². The van der Waals surface area contributed by atoms with E-state index < -0.39 is 23.4 Å². The Kier molecular flexibility index (Phi) is 4.26. The number of ketones is 1. The van der Waals surface area contributed by atoms with Gasteiger partial charge in [-0.3, -0.25) is 14.4 Å². The number of nitrogens with zero attached hydrogens (tertiary/aromatic N) is 1. The van der Waals surface area contributed by atoms with Crippen LogP contribution in [0.2, 0.25) is 0 Å². The van der Waals surface area contributed by atoms with Gasteiger partial charge in [0.1, 0.15) is 17.6 Å². The fourth-order valence-corrected chi connectivity index (χ4v) is 4.24. The highest BCUT2D eigenvalue weighted by atomic mass is 19.1. The van der Waals surface area contributed by atoms with E-state index in [-0.39, 0.29) is 28.0 Å². The molecule has 5 rings (SSSR count). The molecule has 29 heavy (non-hydrogen) atoms. The second-order valence-electron chi connectivity index (χ2n) is 7.93. The number of nitriles is 1. The molecular formula is C21H19FN4O3. The molecule has 3 fully saturated rings. The van der Waals surface area contributed by atoms with Gasteiger partial charge in [-0.25, -0.2) is 4.39 Å². The molecule has 0 aliphatic heterocycles. The number of Topliss-reactive ketones (excluding diaryl/α,β-unsaturated/α-hetero) is 1. The average Bonchev–Trinajstić information content (AvgIpc) is 2.92. The van der Waals surface area contributed by atoms with Crippen LogP contribution in [-0.2, 0) is 4.79 Å². The van der Waals surface area contributed by atoms with Crippen molar-refractivity contribution < 1.29 is 18.8 Å². The van der Waals surface area contributed by atoms with Crippen LogP contribution in [0.3, 0.4) is 0 Å². The van der Waals surface area contributed by atoms with E-state index in [1.54, 1.807) is 19.9 Å². The lowest BCUT2D eigenvalue weighted by Crippen LogP contribution is -2.68. The first kappa shape index (κ1) is 18.9. The SMILES string of the molecule is Cc1[nH]c(C(=O)Nc2ccc(F)c(C#N)c2)c(C)c1C(=O)C(=O)NC12CC(C1)C2. The minimum atomic E-state index is -0.681. The third-order valence-electron chi connectivity index (χ3n) is 5.86. The van der Waals surface area contributed by atoms with Crippen LogP contribution < -0.4 is 10.6 Å². The predicted molar refractivity (Wildman–Crippen MR) is 102 cm³/mol. The zero-order valence-corrected chi connectivity index (χ0v) is 16.0. The number of carbonyl (C=O) groups is 3. The lowest BCUT2D eigenvalue weighted by Gasteiger charge is -2.61. The number of anilines is 1. The normalized spacial score (nSPS) is 21.4. The Morgan fingerprint density at radius 3 is 2.52 bits per heavy atom. The maximum Gasteiger partial charge on any atom is 0.292 e. The van der Waals surface area contributed by atoms with Gasteiger partial charge in [0, 0.05) is 16.9 Å². The Labute approximate surface area is 166 Å². The number of hydrogen-bond donors (Lipinski definition) is 3. The monoisotopic (exact) mass is 394 g/mol. The van der Waals surface area contributed by atoms with E-state index in [2.05, 4.69) is 15.6 Å². The molecule has 0 saturated heterocycles. The van der Waals surface area contributed by atoms with Crippen molar-refractivity contribution in [3.05, 3.63) is 52.1 Å². The van der Waals surface area contributed by atoms with Gasteiger partial charge in [0.15, 0.2) is 0 Å². The third kappa shape index (κ3) is 3.09. The van der Waals surface area contributed by atoms with Crippen LogP contribution in [0, 0.1) is 36.9 Å². The van der Waals surface area contributed by atoms with Crippen LogP contribution in [0.25, 0.3) is 0 Å². The number of benzene rings is 1. The number of aromatic amines is 1. The van der Waals surface area contributed by atoms with Gasteiger partial charge in [0.2, 0.25) is 0 Å². The number of H-pyrrole nitrogens is 1. The fourth-order valence-electron chi connectivity index (χ4n) is 4.24. The van der Waals surface area contributed by atoms with Crippen molar-refractivity contribution in [2.45, 2.75) is 38.6 Å². The molecule has 0 unspecified atom stereocenters. The van der Waals surface area contributed by atoms with Gasteiger partial charge in [-0.2, -0.15) is 5.26 Å². The molecule has 8 heteroatoms. The molecule has 0 atom stereocenters. The Morgan fingerprint density at radius 1 is 1.24 bits per heavy atom. The van der Waals surface area contributed by atoms with Gasteiger partial charge >= 0.3 is 0 Å². The molecule has 3 N–H and O–H groups in total. The minimum Gasteiger partial charge on any atom is -0.354 e. The van der Waals surface area contributed by atoms with Gasteiger partial charge in [-0.15, -0.1) is 0 Å². The van der Waals surface area contributed by atoms with Crippen LogP contribution in [0.5, 0.6) is 0 Å². The molecule has 0 spiro atoms. The summed E-state index contributed by atoms with van der Waals surface area (Å²) in [6.45, 7) is 3.21. The molecule has 148 valence electrons. The summed E-state index contributed by atoms with van der Waals surface area (Å²) >= 11 is 0. The van der Waals surface area contributed by atoms with Gasteiger partial charge < -0.3 is 15.6 Å². The molecule has 0 radical (unpaired) electrons. The summed E-state index contributed by atoms with van der Waals surface area (Å²) in [7, 11) is 0. The number of aryl methyl sites for hydroxylation is 1. The molecule has 1 heterocycles. The number of amides is 2. The topological polar surface area (TPSA) is 115 Å². The van der Waals surface area contributed by atoms with Crippen LogP contribution in [0.4, 0.5) is 10.1 Å². The zero-order chi connectivity index (χ0) is 20.9. The number of halogens is 1. The highest BCUT2D eigenvalue weighted by Gasteiger charge is 2.57. The number of hydrogen-bond acceptors (Lipinski definition) is 4. The average molecular weight is 394 g/mol. The molecule has 3 saturated carbocycles. The van der Waals surface area contributed by atoms with E-state index in [4.69, 9.17) is 5.26 Å². The number of nitrogens with one attached hydrogen (secondary N) is 3. The van der Waals surface area contributed by atoms with Gasteiger partial charge in [-0.05, 0) is 62.8 Å². The molecule has 2 amide bonds. The number of aromatic nitrogens is 1. The van der Waals surface area contributed by atoms with E-state index >= 15 is 0 Å². The molecule has 7 nitrogen and oxygen atoms in total. The lowest BCUT2D eigenvalue weighted by molar-refractivity contribution is -0.128. The summed E-state index contributed by atoms with van der Waals surface area (Å²) in [5, 5.41) is 14.3. The van der Waals surface area contributed by atoms with Crippen LogP contribution in [0.1, 0.15) is 56.9 Å². The highest BCUT2D eigenvalue weighted by molar-refractivity contribution is 6.43. The predicted octanol–water partition coefficient (Wildman–Crippen LogP) is 2.75. The first-order valence-corrected chi connectivity index (χ1v) is 9.30. The fraction of sp³-hybridized carbons (Fsp3) is 0.333. The first-order chi connectivity index (χ1) is 13.7. The third-order valence-corrected chi connectivity index (χ3v) is 5.86. The first-order valence-electron chi connectivity index (χ1n) is 9.30. The Morgan fingerprint density at radius 2 is 1.93 bits per heavy atom. The summed E-state index contributed by atoms with van der Waals surface area (Å²) in [5.74, 6) is -1.89. The largest absolute Gasteiger partial charge is 0.354 e. The maximum atomic E-state index is 13.4. The van der Waals surface area contributed by atoms with Crippen LogP contribution >= 0.6 is 0 Å². The summed E-state index contributed by atoms with van der Waals surface area (Å²) in [4.78, 5) is 40.6. The maximum absolute atomic E-state index is 13.4. The second kappa shape index (κ2) is 6.55. The lowest BCUT2D eigenvalue weighted by atomic mass is 9.50. The standard InChI is InChI=1S/C21H19FN4O3/c1-10-16(18(27)20(29)26-21-6-12(7-21)8-21)11(2)24-17(10)19(28)25-14-3-4-15(22)13(5-14)9-23/h3-5,12,24H,6-8H2,1-2H3,(H,25,28)(H,26,29). The Balaban J connectivity index is 1.53. The Bertz CT molecular complexity index is 1090. The molecule has 1 aromatic carbocycles. The molecule has 2 aromatic rings. The summed E-state index contributed by atoms with van der Waals surface area (Å²) in [6.07, 6.45) is 2.77. The van der Waals surface area contributed by atoms with Crippen molar-refractivity contribution in [3.63, 3.8) is 0 Å². The zero-order valence-electron chi connectivity index (χ0n) is 16.0. The minimum absolute atomic E-state index is 0.131. The summed E-state index contributed by atoms with van der Waals surface area (Å²) < 4.78 is 13.4. The highest BCUT2D eigenvalue weighted by Crippen LogP contribution is 2.56. The van der Waals surface area contributed by atoms with E-state index in [0.29, 0.717) is 17.2 Å². The number of carbonyl (C=O) groups excluding carboxylic acids is 3. The Hall–Kier alpha value is -3.47. The van der Waals surface area contributed by atoms with Crippen LogP contribution in [-0.4, -0.2) is 28.1 Å². The van der Waals surface area contributed by atoms with E-state index in [9.17, 15) is 18.8 Å². The quantitative estimate of drug-likeness (QED) is 0.534. The van der Waals surface area contributed by atoms with Gasteiger partial charge in [-0.1, -0.05) is 0 Å². The van der Waals surface area contributed by atoms with Gasteiger partial charge in [0.05, 0.1) is 11.1 Å². The molecule has 2 bridgehead atoms. The smallest absolute Gasteiger partial charge is 0.292 e. The van der Waals surface area contributed by atoms with E-state index in [1.807, 2.05) is 0 Å². The van der Waals surface area contributed by atoms with Gasteiger partial charge in [0.25, 0.3) is 17.6 Å². The molecule has 3 aliphatic carbocycles. The summed E-state index contributed by atoms with van der Waals surface area (Å²) in [6, 6.07) is 5.36. The van der Waals surface area contributed by atoms with Crippen LogP contribution in [0.15, 0.2) is 18.2 Å². The van der Waals surface area contributed by atoms with E-state index in [0.717, 1.165) is 25.3 Å². The number of rotatable bonds is 5. The molecule has 3 aliphatic rings. The van der Waals surface area contributed by atoms with E-state index in [1.165, 1.54) is 12.1 Å². The van der Waals surface area contributed by atoms with Crippen molar-refractivity contribution in [1.82, 2.24) is 10.3 Å².